The average Bonchev–Trinajstić information content (AvgIpc) is 2.98. The van der Waals surface area contributed by atoms with Crippen molar-refractivity contribution in [2.45, 2.75) is 99.0 Å². The fourth-order valence-electron chi connectivity index (χ4n) is 5.36. The van der Waals surface area contributed by atoms with Gasteiger partial charge in [0.2, 0.25) is 0 Å². The third-order valence-electron chi connectivity index (χ3n) is 6.54. The highest BCUT2D eigenvalue weighted by Gasteiger charge is 2.55. The topological polar surface area (TPSA) is 57.5 Å². The number of terminal acetylenes is 1. The fourth-order valence-corrected chi connectivity index (χ4v) is 5.36. The van der Waals surface area contributed by atoms with Crippen molar-refractivity contribution in [2.24, 2.45) is 22.7 Å². The van der Waals surface area contributed by atoms with Crippen LogP contribution in [0.1, 0.15) is 109 Å². The van der Waals surface area contributed by atoms with E-state index in [-0.39, 0.29) is 23.1 Å². The van der Waals surface area contributed by atoms with Gasteiger partial charge in [0.25, 0.3) is 0 Å². The highest BCUT2D eigenvalue weighted by molar-refractivity contribution is 5.99. The van der Waals surface area contributed by atoms with Crippen molar-refractivity contribution >= 4 is 5.78 Å². The molecule has 0 bridgehead atoms. The lowest BCUT2D eigenvalue weighted by atomic mass is 9.55. The molecule has 2 N–H and O–H groups in total. The van der Waals surface area contributed by atoms with E-state index in [1.165, 1.54) is 6.42 Å². The smallest absolute Gasteiger partial charge is 0.163 e. The van der Waals surface area contributed by atoms with Gasteiger partial charge in [-0.05, 0) is 72.0 Å². The first-order chi connectivity index (χ1) is 14.4. The monoisotopic (exact) mass is 428 g/mol. The van der Waals surface area contributed by atoms with Crippen LogP contribution >= 0.6 is 0 Å². The van der Waals surface area contributed by atoms with E-state index in [9.17, 15) is 15.0 Å². The summed E-state index contributed by atoms with van der Waals surface area (Å²) in [5.74, 6) is 1.58. The molecular formula is C28H44O3. The zero-order valence-corrected chi connectivity index (χ0v) is 20.7. The zero-order valence-electron chi connectivity index (χ0n) is 20.7. The molecule has 0 heterocycles. The minimum Gasteiger partial charge on any atom is -0.508 e. The minimum absolute atomic E-state index is 0.00410. The molecule has 0 aliphatic heterocycles. The molecule has 1 aromatic carbocycles. The number of phenolic OH excluding ortho intramolecular Hbond substituents is 1. The van der Waals surface area contributed by atoms with E-state index < -0.39 is 0 Å². The molecule has 5 atom stereocenters. The maximum atomic E-state index is 12.5. The number of Topliss-reactive ketones (excluding diaryl/α,β-unsaturated/α-hetero) is 1. The van der Waals surface area contributed by atoms with Gasteiger partial charge in [0.1, 0.15) is 5.75 Å². The summed E-state index contributed by atoms with van der Waals surface area (Å²) in [5, 5.41) is 20.0. The van der Waals surface area contributed by atoms with Crippen LogP contribution in [0.4, 0.5) is 0 Å². The number of carbonyl (C=O) groups is 1. The summed E-state index contributed by atoms with van der Waals surface area (Å²) >= 11 is 0. The number of hydrogen-bond donors (Lipinski definition) is 2. The van der Waals surface area contributed by atoms with Crippen LogP contribution in [0.2, 0.25) is 0 Å². The Labute approximate surface area is 190 Å². The number of ketones is 1. The molecule has 3 unspecified atom stereocenters. The lowest BCUT2D eigenvalue weighted by Gasteiger charge is -2.49. The minimum atomic E-state index is -0.209. The van der Waals surface area contributed by atoms with E-state index >= 15 is 0 Å². The third-order valence-corrected chi connectivity index (χ3v) is 6.54. The zero-order chi connectivity index (χ0) is 24.0. The maximum absolute atomic E-state index is 12.5. The molecule has 3 heteroatoms. The van der Waals surface area contributed by atoms with Gasteiger partial charge < -0.3 is 10.2 Å². The Hall–Kier alpha value is -1.79. The molecule has 2 fully saturated rings. The fraction of sp³-hybridized carbons (Fsp3) is 0.679. The molecule has 0 spiro atoms. The number of aliphatic hydroxyl groups excluding tert-OH is 1. The van der Waals surface area contributed by atoms with Crippen LogP contribution in [0, 0.1) is 35.5 Å². The van der Waals surface area contributed by atoms with E-state index in [4.69, 9.17) is 0 Å². The molecule has 0 aromatic heterocycles. The summed E-state index contributed by atoms with van der Waals surface area (Å²) < 4.78 is 0. The van der Waals surface area contributed by atoms with Crippen molar-refractivity contribution in [3.8, 4) is 18.6 Å². The van der Waals surface area contributed by atoms with Crippen LogP contribution in [0.3, 0.4) is 0 Å². The molecule has 174 valence electrons. The quantitative estimate of drug-likeness (QED) is 0.439. The Morgan fingerprint density at radius 3 is 2.19 bits per heavy atom. The van der Waals surface area contributed by atoms with Crippen LogP contribution in [-0.2, 0) is 0 Å². The number of phenols is 1. The average molecular weight is 429 g/mol. The summed E-state index contributed by atoms with van der Waals surface area (Å²) in [6.45, 7) is 15.2. The predicted octanol–water partition coefficient (Wildman–Crippen LogP) is 6.97. The molecule has 1 aromatic rings. The second-order valence-electron chi connectivity index (χ2n) is 11.1. The van der Waals surface area contributed by atoms with E-state index in [1.807, 2.05) is 6.07 Å². The van der Waals surface area contributed by atoms with Crippen molar-refractivity contribution in [1.82, 2.24) is 0 Å². The van der Waals surface area contributed by atoms with Crippen molar-refractivity contribution < 1.29 is 15.0 Å². The summed E-state index contributed by atoms with van der Waals surface area (Å²) in [7, 11) is 0. The molecule has 3 nitrogen and oxygen atoms in total. The van der Waals surface area contributed by atoms with Gasteiger partial charge in [-0.2, -0.15) is 0 Å². The largest absolute Gasteiger partial charge is 0.508 e. The van der Waals surface area contributed by atoms with Gasteiger partial charge in [0.05, 0.1) is 6.10 Å². The Bertz CT molecular complexity index is 736. The number of aromatic hydroxyl groups is 1. The first-order valence-electron chi connectivity index (χ1n) is 11.8. The van der Waals surface area contributed by atoms with Crippen molar-refractivity contribution in [1.29, 1.82) is 0 Å². The molecule has 31 heavy (non-hydrogen) atoms. The highest BCUT2D eigenvalue weighted by atomic mass is 16.3. The first-order valence-corrected chi connectivity index (χ1v) is 11.8. The lowest BCUT2D eigenvalue weighted by molar-refractivity contribution is -0.0208. The SMILES string of the molecule is C#C.CC(C)(C)C.CCC.C[C@]12CCC3c4ccc(O)cc4C(=O)CC3C1CC[C@@H]2O. The summed E-state index contributed by atoms with van der Waals surface area (Å²) in [6.07, 6.45) is 13.6. The van der Waals surface area contributed by atoms with Gasteiger partial charge in [0, 0.05) is 12.0 Å². The molecule has 3 aliphatic carbocycles. The molecule has 0 amide bonds. The Morgan fingerprint density at radius 1 is 1.10 bits per heavy atom. The molecule has 4 rings (SSSR count). The normalized spacial score (nSPS) is 30.6. The molecule has 0 saturated heterocycles. The van der Waals surface area contributed by atoms with Crippen molar-refractivity contribution in [2.75, 3.05) is 0 Å². The van der Waals surface area contributed by atoms with Gasteiger partial charge in [-0.1, -0.05) is 61.0 Å². The Morgan fingerprint density at radius 2 is 1.65 bits per heavy atom. The third kappa shape index (κ3) is 6.59. The van der Waals surface area contributed by atoms with Crippen molar-refractivity contribution in [3.05, 3.63) is 29.3 Å². The highest BCUT2D eigenvalue weighted by Crippen LogP contribution is 2.60. The number of fused-ring (bicyclic) bond motifs is 5. The van der Waals surface area contributed by atoms with Crippen LogP contribution in [0.15, 0.2) is 18.2 Å². The molecular weight excluding hydrogens is 384 g/mol. The Balaban J connectivity index is 0.000000412. The maximum Gasteiger partial charge on any atom is 0.163 e. The summed E-state index contributed by atoms with van der Waals surface area (Å²) in [4.78, 5) is 12.5. The molecule has 2 saturated carbocycles. The second-order valence-corrected chi connectivity index (χ2v) is 11.1. The molecule has 0 radical (unpaired) electrons. The standard InChI is InChI=1S/C18H22O3.C5H12.C3H8.C2H2/c1-18-7-6-12-11-3-2-10(19)8-14(11)16(20)9-13(12)15(18)4-5-17(18)21;1-5(2,3)4;1-3-2;1-2/h2-3,8,12-13,15,17,19,21H,4-7,9H2,1H3;1-4H3;3H2,1-2H3;1-2H/t12?,13?,15?,17-,18-;;;/m0.../s1. The van der Waals surface area contributed by atoms with Crippen LogP contribution in [-0.4, -0.2) is 22.1 Å². The lowest BCUT2D eigenvalue weighted by Crippen LogP contribution is -2.44. The van der Waals surface area contributed by atoms with Crippen LogP contribution in [0.5, 0.6) is 5.75 Å². The van der Waals surface area contributed by atoms with E-state index in [1.54, 1.807) is 12.1 Å². The van der Waals surface area contributed by atoms with Gasteiger partial charge in [-0.25, -0.2) is 0 Å². The van der Waals surface area contributed by atoms with Gasteiger partial charge >= 0.3 is 0 Å². The van der Waals surface area contributed by atoms with E-state index in [0.717, 1.165) is 36.8 Å². The molecule has 3 aliphatic rings. The number of carbonyl (C=O) groups excluding carboxylic acids is 1. The van der Waals surface area contributed by atoms with Gasteiger partial charge in [-0.3, -0.25) is 4.79 Å². The van der Waals surface area contributed by atoms with Gasteiger partial charge in [-0.15, -0.1) is 12.8 Å². The number of hydrogen-bond acceptors (Lipinski definition) is 3. The van der Waals surface area contributed by atoms with Crippen LogP contribution in [0.25, 0.3) is 0 Å². The number of benzene rings is 1. The summed E-state index contributed by atoms with van der Waals surface area (Å²) in [6, 6.07) is 5.27. The predicted molar refractivity (Wildman–Crippen MR) is 130 cm³/mol. The van der Waals surface area contributed by atoms with Crippen LogP contribution < -0.4 is 0 Å². The van der Waals surface area contributed by atoms with Gasteiger partial charge in [0.15, 0.2) is 5.78 Å². The van der Waals surface area contributed by atoms with E-state index in [0.29, 0.717) is 29.6 Å². The number of aliphatic hydroxyl groups is 1. The first kappa shape index (κ1) is 27.2. The Kier molecular flexibility index (Phi) is 9.83. The number of rotatable bonds is 0. The van der Waals surface area contributed by atoms with E-state index in [2.05, 4.69) is 61.3 Å². The van der Waals surface area contributed by atoms with Crippen molar-refractivity contribution in [3.63, 3.8) is 0 Å². The second kappa shape index (κ2) is 11.2. The summed E-state index contributed by atoms with van der Waals surface area (Å²) in [5.41, 5.74) is 2.34.